The maximum Gasteiger partial charge on any atom is 0.248 e. The van der Waals surface area contributed by atoms with Gasteiger partial charge in [-0.1, -0.05) is 12.1 Å². The molecular formula is C14H14F2O2. The van der Waals surface area contributed by atoms with Gasteiger partial charge in [-0.15, -0.1) is 0 Å². The molecule has 0 unspecified atom stereocenters. The van der Waals surface area contributed by atoms with Gasteiger partial charge >= 0.3 is 0 Å². The minimum absolute atomic E-state index is 0.00191. The molecule has 0 atom stereocenters. The van der Waals surface area contributed by atoms with Crippen LogP contribution in [-0.2, 0) is 0 Å². The number of ketones is 1. The van der Waals surface area contributed by atoms with E-state index in [2.05, 4.69) is 0 Å². The number of carbonyl (C=O) groups is 1. The summed E-state index contributed by atoms with van der Waals surface area (Å²) in [5.74, 6) is -2.06. The number of ether oxygens (including phenoxy) is 1. The molecule has 0 saturated heterocycles. The van der Waals surface area contributed by atoms with Crippen molar-refractivity contribution in [3.63, 3.8) is 0 Å². The van der Waals surface area contributed by atoms with Gasteiger partial charge < -0.3 is 4.74 Å². The molecule has 2 nitrogen and oxygen atoms in total. The number of rotatable bonds is 0. The van der Waals surface area contributed by atoms with Gasteiger partial charge in [-0.25, -0.2) is 8.78 Å². The fourth-order valence-corrected chi connectivity index (χ4v) is 2.79. The molecule has 96 valence electrons. The van der Waals surface area contributed by atoms with Crippen LogP contribution < -0.4 is 4.74 Å². The lowest BCUT2D eigenvalue weighted by Gasteiger charge is -2.42. The summed E-state index contributed by atoms with van der Waals surface area (Å²) in [6, 6.07) is 7.04. The topological polar surface area (TPSA) is 26.3 Å². The molecule has 0 aromatic heterocycles. The SMILES string of the molecule is O=C1CC2(CCC(F)(F)CC2)Oc2ccccc21. The minimum atomic E-state index is -2.60. The van der Waals surface area contributed by atoms with Crippen molar-refractivity contribution in [1.29, 1.82) is 0 Å². The van der Waals surface area contributed by atoms with E-state index in [1.54, 1.807) is 24.3 Å². The molecule has 3 rings (SSSR count). The van der Waals surface area contributed by atoms with Gasteiger partial charge in [-0.3, -0.25) is 4.79 Å². The van der Waals surface area contributed by atoms with Crippen molar-refractivity contribution in [2.24, 2.45) is 0 Å². The zero-order valence-corrected chi connectivity index (χ0v) is 9.92. The van der Waals surface area contributed by atoms with Crippen LogP contribution in [0.2, 0.25) is 0 Å². The Morgan fingerprint density at radius 1 is 1.06 bits per heavy atom. The van der Waals surface area contributed by atoms with Gasteiger partial charge in [0.15, 0.2) is 5.78 Å². The Labute approximate surface area is 104 Å². The molecule has 1 aromatic rings. The van der Waals surface area contributed by atoms with E-state index >= 15 is 0 Å². The molecule has 1 aliphatic carbocycles. The van der Waals surface area contributed by atoms with Crippen molar-refractivity contribution >= 4 is 5.78 Å². The van der Waals surface area contributed by atoms with Gasteiger partial charge in [0.05, 0.1) is 12.0 Å². The first-order chi connectivity index (χ1) is 8.50. The smallest absolute Gasteiger partial charge is 0.248 e. The summed E-state index contributed by atoms with van der Waals surface area (Å²) in [6.07, 6.45) is 0.338. The van der Waals surface area contributed by atoms with Crippen LogP contribution in [0.15, 0.2) is 24.3 Å². The van der Waals surface area contributed by atoms with Crippen LogP contribution in [0.3, 0.4) is 0 Å². The second-order valence-electron chi connectivity index (χ2n) is 5.24. The van der Waals surface area contributed by atoms with Gasteiger partial charge in [-0.2, -0.15) is 0 Å². The summed E-state index contributed by atoms with van der Waals surface area (Å²) in [7, 11) is 0. The largest absolute Gasteiger partial charge is 0.486 e. The number of hydrogen-bond donors (Lipinski definition) is 0. The van der Waals surface area contributed by atoms with Crippen LogP contribution in [0, 0.1) is 0 Å². The standard InChI is InChI=1S/C14H14F2O2/c15-14(16)7-5-13(6-8-14)9-11(17)10-3-1-2-4-12(10)18-13/h1-4H,5-9H2. The number of para-hydroxylation sites is 1. The number of hydrogen-bond acceptors (Lipinski definition) is 2. The van der Waals surface area contributed by atoms with Gasteiger partial charge in [-0.05, 0) is 25.0 Å². The van der Waals surface area contributed by atoms with Crippen LogP contribution in [0.1, 0.15) is 42.5 Å². The molecule has 0 bridgehead atoms. The Bertz CT molecular complexity index is 486. The van der Waals surface area contributed by atoms with Gasteiger partial charge in [0.1, 0.15) is 11.4 Å². The zero-order valence-electron chi connectivity index (χ0n) is 9.92. The molecule has 1 fully saturated rings. The highest BCUT2D eigenvalue weighted by Gasteiger charge is 2.48. The van der Waals surface area contributed by atoms with Gasteiger partial charge in [0.25, 0.3) is 0 Å². The maximum atomic E-state index is 13.2. The summed E-state index contributed by atoms with van der Waals surface area (Å²) < 4.78 is 32.3. The summed E-state index contributed by atoms with van der Waals surface area (Å²) in [4.78, 5) is 12.1. The number of fused-ring (bicyclic) bond motifs is 1. The second kappa shape index (κ2) is 3.77. The van der Waals surface area contributed by atoms with E-state index in [1.165, 1.54) is 0 Å². The number of benzene rings is 1. The Hall–Kier alpha value is -1.45. The Morgan fingerprint density at radius 3 is 2.44 bits per heavy atom. The summed E-state index contributed by atoms with van der Waals surface area (Å²) in [6.45, 7) is 0. The lowest BCUT2D eigenvalue weighted by Crippen LogP contribution is -2.47. The van der Waals surface area contributed by atoms with E-state index in [0.29, 0.717) is 11.3 Å². The van der Waals surface area contributed by atoms with Crippen molar-refractivity contribution in [3.8, 4) is 5.75 Å². The summed E-state index contributed by atoms with van der Waals surface area (Å²) in [5.41, 5.74) is -0.131. The molecule has 2 aliphatic rings. The summed E-state index contributed by atoms with van der Waals surface area (Å²) >= 11 is 0. The van der Waals surface area contributed by atoms with Crippen LogP contribution in [-0.4, -0.2) is 17.3 Å². The van der Waals surface area contributed by atoms with E-state index in [4.69, 9.17) is 4.74 Å². The molecule has 1 spiro atoms. The second-order valence-corrected chi connectivity index (χ2v) is 5.24. The van der Waals surface area contributed by atoms with Crippen molar-refractivity contribution in [1.82, 2.24) is 0 Å². The summed E-state index contributed by atoms with van der Waals surface area (Å²) in [5, 5.41) is 0. The lowest BCUT2D eigenvalue weighted by molar-refractivity contribution is -0.0946. The number of carbonyl (C=O) groups excluding carboxylic acids is 1. The highest BCUT2D eigenvalue weighted by molar-refractivity contribution is 6.00. The lowest BCUT2D eigenvalue weighted by atomic mass is 9.77. The molecule has 1 saturated carbocycles. The molecule has 0 amide bonds. The molecule has 1 aliphatic heterocycles. The minimum Gasteiger partial charge on any atom is -0.486 e. The third-order valence-electron chi connectivity index (χ3n) is 3.89. The number of halogens is 2. The quantitative estimate of drug-likeness (QED) is 0.705. The molecule has 4 heteroatoms. The fourth-order valence-electron chi connectivity index (χ4n) is 2.79. The van der Waals surface area contributed by atoms with E-state index in [9.17, 15) is 13.6 Å². The van der Waals surface area contributed by atoms with E-state index in [-0.39, 0.29) is 37.9 Å². The Morgan fingerprint density at radius 2 is 1.72 bits per heavy atom. The maximum absolute atomic E-state index is 13.2. The van der Waals surface area contributed by atoms with Crippen LogP contribution in [0.25, 0.3) is 0 Å². The molecule has 1 aromatic carbocycles. The first-order valence-electron chi connectivity index (χ1n) is 6.19. The van der Waals surface area contributed by atoms with Crippen molar-refractivity contribution in [3.05, 3.63) is 29.8 Å². The van der Waals surface area contributed by atoms with Crippen molar-refractivity contribution in [2.45, 2.75) is 43.6 Å². The van der Waals surface area contributed by atoms with Crippen LogP contribution in [0.4, 0.5) is 8.78 Å². The predicted octanol–water partition coefficient (Wildman–Crippen LogP) is 3.60. The first kappa shape index (κ1) is 11.6. The third kappa shape index (κ3) is 1.89. The van der Waals surface area contributed by atoms with E-state index < -0.39 is 11.5 Å². The van der Waals surface area contributed by atoms with E-state index in [1.807, 2.05) is 0 Å². The third-order valence-corrected chi connectivity index (χ3v) is 3.89. The zero-order chi connectivity index (χ0) is 12.8. The van der Waals surface area contributed by atoms with E-state index in [0.717, 1.165) is 0 Å². The predicted molar refractivity (Wildman–Crippen MR) is 62.2 cm³/mol. The first-order valence-corrected chi connectivity index (χ1v) is 6.19. The highest BCUT2D eigenvalue weighted by Crippen LogP contribution is 2.45. The molecular weight excluding hydrogens is 238 g/mol. The van der Waals surface area contributed by atoms with Gasteiger partial charge in [0.2, 0.25) is 5.92 Å². The molecule has 0 radical (unpaired) electrons. The van der Waals surface area contributed by atoms with Crippen LogP contribution in [0.5, 0.6) is 5.75 Å². The molecule has 1 heterocycles. The number of alkyl halides is 2. The average Bonchev–Trinajstić information content (AvgIpc) is 2.34. The number of Topliss-reactive ketones (excluding diaryl/α,β-unsaturated/α-hetero) is 1. The monoisotopic (exact) mass is 252 g/mol. The molecule has 0 N–H and O–H groups in total. The Kier molecular flexibility index (Phi) is 2.44. The fraction of sp³-hybridized carbons (Fsp3) is 0.500. The van der Waals surface area contributed by atoms with Gasteiger partial charge in [0, 0.05) is 12.8 Å². The van der Waals surface area contributed by atoms with Crippen molar-refractivity contribution in [2.75, 3.05) is 0 Å². The normalized spacial score (nSPS) is 24.4. The Balaban J connectivity index is 1.88. The van der Waals surface area contributed by atoms with Crippen molar-refractivity contribution < 1.29 is 18.3 Å². The highest BCUT2D eigenvalue weighted by atomic mass is 19.3. The average molecular weight is 252 g/mol. The van der Waals surface area contributed by atoms with Crippen LogP contribution >= 0.6 is 0 Å². The molecule has 18 heavy (non-hydrogen) atoms.